The number of allylic oxidation sites excluding steroid dienone is 1. The summed E-state index contributed by atoms with van der Waals surface area (Å²) < 4.78 is 4.74. The van der Waals surface area contributed by atoms with Crippen LogP contribution in [-0.2, 0) is 0 Å². The highest BCUT2D eigenvalue weighted by Gasteiger charge is 2.10. The lowest BCUT2D eigenvalue weighted by molar-refractivity contribution is 0.0995. The van der Waals surface area contributed by atoms with E-state index in [9.17, 15) is 4.79 Å². The van der Waals surface area contributed by atoms with E-state index < -0.39 is 0 Å². The molecule has 0 unspecified atom stereocenters. The van der Waals surface area contributed by atoms with Gasteiger partial charge in [0.2, 0.25) is 5.22 Å². The number of carbonyl (C=O) groups excluding carboxylic acids is 1. The third kappa shape index (κ3) is 1.71. The van der Waals surface area contributed by atoms with Gasteiger partial charge in [0.1, 0.15) is 0 Å². The highest BCUT2D eigenvalue weighted by Crippen LogP contribution is 2.18. The Labute approximate surface area is 69.5 Å². The molecule has 0 atom stereocenters. The molecule has 1 aromatic heterocycles. The third-order valence-corrected chi connectivity index (χ3v) is 1.54. The van der Waals surface area contributed by atoms with Gasteiger partial charge in [-0.1, -0.05) is 6.08 Å². The first kappa shape index (κ1) is 8.08. The number of hydrogen-bond donors (Lipinski definition) is 0. The highest BCUT2D eigenvalue weighted by molar-refractivity contribution is 6.32. The van der Waals surface area contributed by atoms with Crippen molar-refractivity contribution in [3.8, 4) is 0 Å². The van der Waals surface area contributed by atoms with Crippen LogP contribution in [0.25, 0.3) is 0 Å². The molecule has 0 aliphatic heterocycles. The van der Waals surface area contributed by atoms with Crippen LogP contribution in [0.2, 0.25) is 5.22 Å². The van der Waals surface area contributed by atoms with Crippen molar-refractivity contribution in [2.75, 3.05) is 0 Å². The molecule has 0 saturated carbocycles. The van der Waals surface area contributed by atoms with Crippen molar-refractivity contribution in [2.45, 2.75) is 6.42 Å². The normalized spacial score (nSPS) is 9.55. The molecule has 2 nitrogen and oxygen atoms in total. The van der Waals surface area contributed by atoms with Gasteiger partial charge in [0, 0.05) is 6.42 Å². The van der Waals surface area contributed by atoms with Gasteiger partial charge in [-0.05, 0) is 17.7 Å². The number of hydrogen-bond acceptors (Lipinski definition) is 2. The summed E-state index contributed by atoms with van der Waals surface area (Å²) in [5.41, 5.74) is 0.423. The molecule has 1 aromatic rings. The standard InChI is InChI=1S/C8H7ClO2/c1-2-3-7(10)6-4-5-11-8(6)9/h2,4-5H,1,3H2. The zero-order valence-electron chi connectivity index (χ0n) is 5.84. The fraction of sp³-hybridized carbons (Fsp3) is 0.125. The van der Waals surface area contributed by atoms with E-state index in [1.807, 2.05) is 0 Å². The van der Waals surface area contributed by atoms with Gasteiger partial charge >= 0.3 is 0 Å². The summed E-state index contributed by atoms with van der Waals surface area (Å²) in [6.07, 6.45) is 3.21. The monoisotopic (exact) mass is 170 g/mol. The first-order valence-corrected chi connectivity index (χ1v) is 3.50. The van der Waals surface area contributed by atoms with Crippen LogP contribution in [0, 0.1) is 0 Å². The summed E-state index contributed by atoms with van der Waals surface area (Å²) in [6.45, 7) is 3.45. The largest absolute Gasteiger partial charge is 0.452 e. The fourth-order valence-corrected chi connectivity index (χ4v) is 0.954. The van der Waals surface area contributed by atoms with E-state index in [4.69, 9.17) is 16.0 Å². The minimum atomic E-state index is -0.0706. The maximum Gasteiger partial charge on any atom is 0.203 e. The molecule has 1 heterocycles. The summed E-state index contributed by atoms with van der Waals surface area (Å²) in [7, 11) is 0. The second-order valence-electron chi connectivity index (χ2n) is 2.02. The van der Waals surface area contributed by atoms with Gasteiger partial charge in [-0.2, -0.15) is 0 Å². The smallest absolute Gasteiger partial charge is 0.203 e. The number of ketones is 1. The predicted molar refractivity (Wildman–Crippen MR) is 42.9 cm³/mol. The van der Waals surface area contributed by atoms with Crippen LogP contribution in [0.5, 0.6) is 0 Å². The third-order valence-electron chi connectivity index (χ3n) is 1.25. The predicted octanol–water partition coefficient (Wildman–Crippen LogP) is 2.69. The second-order valence-corrected chi connectivity index (χ2v) is 2.37. The Hall–Kier alpha value is -1.02. The minimum Gasteiger partial charge on any atom is -0.452 e. The van der Waals surface area contributed by atoms with E-state index in [1.54, 1.807) is 6.07 Å². The summed E-state index contributed by atoms with van der Waals surface area (Å²) >= 11 is 5.55. The maximum absolute atomic E-state index is 11.1. The van der Waals surface area contributed by atoms with Gasteiger partial charge in [0.05, 0.1) is 11.8 Å². The fourth-order valence-electron chi connectivity index (χ4n) is 0.734. The Balaban J connectivity index is 2.83. The number of Topliss-reactive ketones (excluding diaryl/α,β-unsaturated/α-hetero) is 1. The number of rotatable bonds is 3. The van der Waals surface area contributed by atoms with E-state index in [2.05, 4.69) is 6.58 Å². The Morgan fingerprint density at radius 3 is 3.00 bits per heavy atom. The molecular formula is C8H7ClO2. The summed E-state index contributed by atoms with van der Waals surface area (Å²) in [4.78, 5) is 11.1. The van der Waals surface area contributed by atoms with Crippen molar-refractivity contribution in [3.05, 3.63) is 35.8 Å². The van der Waals surface area contributed by atoms with E-state index in [0.29, 0.717) is 12.0 Å². The van der Waals surface area contributed by atoms with Crippen LogP contribution in [0.3, 0.4) is 0 Å². The molecule has 3 heteroatoms. The van der Waals surface area contributed by atoms with Crippen LogP contribution >= 0.6 is 11.6 Å². The molecule has 0 aliphatic carbocycles. The Kier molecular flexibility index (Phi) is 2.49. The summed E-state index contributed by atoms with van der Waals surface area (Å²) in [5, 5.41) is 0.150. The highest BCUT2D eigenvalue weighted by atomic mass is 35.5. The summed E-state index contributed by atoms with van der Waals surface area (Å²) in [6, 6.07) is 1.55. The SMILES string of the molecule is C=CCC(=O)c1ccoc1Cl. The van der Waals surface area contributed by atoms with Gasteiger partial charge in [-0.25, -0.2) is 0 Å². The van der Waals surface area contributed by atoms with Crippen molar-refractivity contribution in [1.29, 1.82) is 0 Å². The van der Waals surface area contributed by atoms with E-state index >= 15 is 0 Å². The Morgan fingerprint density at radius 2 is 2.55 bits per heavy atom. The molecule has 1 rings (SSSR count). The number of furan rings is 1. The van der Waals surface area contributed by atoms with Gasteiger partial charge in [-0.15, -0.1) is 6.58 Å². The van der Waals surface area contributed by atoms with Crippen LogP contribution in [0.1, 0.15) is 16.8 Å². The first-order chi connectivity index (χ1) is 5.25. The maximum atomic E-state index is 11.1. The number of carbonyl (C=O) groups is 1. The Bertz CT molecular complexity index is 275. The van der Waals surface area contributed by atoms with E-state index in [1.165, 1.54) is 12.3 Å². The first-order valence-electron chi connectivity index (χ1n) is 3.12. The number of halogens is 1. The van der Waals surface area contributed by atoms with Gasteiger partial charge in [-0.3, -0.25) is 4.79 Å². The van der Waals surface area contributed by atoms with Crippen molar-refractivity contribution < 1.29 is 9.21 Å². The molecule has 0 N–H and O–H groups in total. The van der Waals surface area contributed by atoms with Crippen molar-refractivity contribution in [2.24, 2.45) is 0 Å². The molecule has 0 bridgehead atoms. The topological polar surface area (TPSA) is 30.2 Å². The van der Waals surface area contributed by atoms with Gasteiger partial charge < -0.3 is 4.42 Å². The van der Waals surface area contributed by atoms with Gasteiger partial charge in [0.25, 0.3) is 0 Å². The molecule has 11 heavy (non-hydrogen) atoms. The quantitative estimate of drug-likeness (QED) is 0.516. The average Bonchev–Trinajstić information content (AvgIpc) is 2.36. The van der Waals surface area contributed by atoms with Crippen LogP contribution in [0.4, 0.5) is 0 Å². The lowest BCUT2D eigenvalue weighted by Crippen LogP contribution is -1.94. The summed E-state index contributed by atoms with van der Waals surface area (Å²) in [5.74, 6) is -0.0706. The van der Waals surface area contributed by atoms with E-state index in [-0.39, 0.29) is 11.0 Å². The zero-order valence-corrected chi connectivity index (χ0v) is 6.60. The molecule has 0 saturated heterocycles. The molecule has 0 fully saturated rings. The van der Waals surface area contributed by atoms with Crippen LogP contribution in [0.15, 0.2) is 29.4 Å². The lowest BCUT2D eigenvalue weighted by atomic mass is 10.2. The van der Waals surface area contributed by atoms with Crippen molar-refractivity contribution in [1.82, 2.24) is 0 Å². The van der Waals surface area contributed by atoms with Gasteiger partial charge in [0.15, 0.2) is 5.78 Å². The molecule has 0 aliphatic rings. The van der Waals surface area contributed by atoms with Crippen molar-refractivity contribution in [3.63, 3.8) is 0 Å². The zero-order chi connectivity index (χ0) is 8.27. The average molecular weight is 171 g/mol. The Morgan fingerprint density at radius 1 is 1.82 bits per heavy atom. The van der Waals surface area contributed by atoms with E-state index in [0.717, 1.165) is 0 Å². The van der Waals surface area contributed by atoms with Crippen LogP contribution in [-0.4, -0.2) is 5.78 Å². The lowest BCUT2D eigenvalue weighted by Gasteiger charge is -1.90. The molecule has 0 aromatic carbocycles. The van der Waals surface area contributed by atoms with Crippen molar-refractivity contribution >= 4 is 17.4 Å². The molecule has 0 radical (unpaired) electrons. The molecule has 0 amide bonds. The minimum absolute atomic E-state index is 0.0706. The molecular weight excluding hydrogens is 164 g/mol. The van der Waals surface area contributed by atoms with Crippen LogP contribution < -0.4 is 0 Å². The second kappa shape index (κ2) is 3.39. The molecule has 58 valence electrons. The molecule has 0 spiro atoms.